The number of fused-ring (bicyclic) bond motifs is 1. The number of ether oxygens (including phenoxy) is 2. The van der Waals surface area contributed by atoms with Crippen molar-refractivity contribution in [3.8, 4) is 0 Å². The monoisotopic (exact) mass is 388 g/mol. The number of hydrogen-bond acceptors (Lipinski definition) is 6. The molecule has 1 unspecified atom stereocenters. The quantitative estimate of drug-likeness (QED) is 0.415. The Kier molecular flexibility index (Phi) is 6.08. The van der Waals surface area contributed by atoms with E-state index in [1.54, 1.807) is 18.1 Å². The molecule has 28 heavy (non-hydrogen) atoms. The molecule has 1 saturated heterocycles. The first kappa shape index (κ1) is 20.0. The summed E-state index contributed by atoms with van der Waals surface area (Å²) in [5.74, 6) is -1.65. The number of nitrogens with zero attached hydrogens (tertiary/aromatic N) is 2. The van der Waals surface area contributed by atoms with Gasteiger partial charge in [-0.05, 0) is 37.5 Å². The topological polar surface area (TPSA) is 93.2 Å². The van der Waals surface area contributed by atoms with Gasteiger partial charge in [0, 0.05) is 38.9 Å². The third kappa shape index (κ3) is 3.77. The standard InChI is InChI=1S/C20H24N2O6/c1-27-10-4-9-22-18(24)15-7-6-13(11-16(15)19(22)25)17(23)21-8-3-5-14(12-21)20(26)28-2/h6-7,11,14H,3-5,8-10,12H2,1-2H3. The molecule has 8 heteroatoms. The zero-order valence-electron chi connectivity index (χ0n) is 16.1. The number of methoxy groups -OCH3 is 2. The maximum absolute atomic E-state index is 12.9. The van der Waals surface area contributed by atoms with Crippen LogP contribution in [0.5, 0.6) is 0 Å². The number of rotatable bonds is 6. The lowest BCUT2D eigenvalue weighted by Gasteiger charge is -2.31. The number of likely N-dealkylation sites (tertiary alicyclic amines) is 1. The van der Waals surface area contributed by atoms with Crippen LogP contribution in [0, 0.1) is 5.92 Å². The number of carbonyl (C=O) groups is 4. The first-order valence-electron chi connectivity index (χ1n) is 9.34. The van der Waals surface area contributed by atoms with Gasteiger partial charge in [0.1, 0.15) is 0 Å². The molecule has 1 aromatic rings. The van der Waals surface area contributed by atoms with Gasteiger partial charge in [-0.15, -0.1) is 0 Å². The molecule has 2 heterocycles. The van der Waals surface area contributed by atoms with E-state index in [9.17, 15) is 19.2 Å². The Balaban J connectivity index is 1.76. The Morgan fingerprint density at radius 1 is 1.14 bits per heavy atom. The predicted octanol–water partition coefficient (Wildman–Crippen LogP) is 1.34. The molecule has 1 fully saturated rings. The molecule has 3 amide bonds. The first-order valence-corrected chi connectivity index (χ1v) is 9.34. The van der Waals surface area contributed by atoms with Crippen molar-refractivity contribution in [3.63, 3.8) is 0 Å². The summed E-state index contributed by atoms with van der Waals surface area (Å²) in [5, 5.41) is 0. The van der Waals surface area contributed by atoms with Crippen LogP contribution in [0.25, 0.3) is 0 Å². The molecular formula is C20H24N2O6. The van der Waals surface area contributed by atoms with Gasteiger partial charge in [0.15, 0.2) is 0 Å². The Morgan fingerprint density at radius 3 is 2.61 bits per heavy atom. The second-order valence-corrected chi connectivity index (χ2v) is 6.98. The number of imide groups is 1. The van der Waals surface area contributed by atoms with Crippen molar-refractivity contribution in [1.82, 2.24) is 9.80 Å². The van der Waals surface area contributed by atoms with Gasteiger partial charge >= 0.3 is 5.97 Å². The van der Waals surface area contributed by atoms with Crippen molar-refractivity contribution in [3.05, 3.63) is 34.9 Å². The molecule has 0 aromatic heterocycles. The Bertz CT molecular complexity index is 806. The summed E-state index contributed by atoms with van der Waals surface area (Å²) >= 11 is 0. The highest BCUT2D eigenvalue weighted by molar-refractivity contribution is 6.22. The van der Waals surface area contributed by atoms with E-state index < -0.39 is 5.91 Å². The Labute approximate surface area is 163 Å². The molecule has 8 nitrogen and oxygen atoms in total. The minimum atomic E-state index is -0.392. The summed E-state index contributed by atoms with van der Waals surface area (Å²) in [6.45, 7) is 1.56. The van der Waals surface area contributed by atoms with E-state index in [-0.39, 0.29) is 35.8 Å². The van der Waals surface area contributed by atoms with Crippen LogP contribution in [0.3, 0.4) is 0 Å². The lowest BCUT2D eigenvalue weighted by molar-refractivity contribution is -0.146. The van der Waals surface area contributed by atoms with Crippen molar-refractivity contribution in [2.75, 3.05) is 40.5 Å². The molecule has 1 atom stereocenters. The van der Waals surface area contributed by atoms with Gasteiger partial charge in [0.05, 0.1) is 24.2 Å². The first-order chi connectivity index (χ1) is 13.5. The number of benzene rings is 1. The largest absolute Gasteiger partial charge is 0.469 e. The van der Waals surface area contributed by atoms with Gasteiger partial charge < -0.3 is 14.4 Å². The van der Waals surface area contributed by atoms with Crippen LogP contribution in [-0.4, -0.2) is 74.0 Å². The SMILES string of the molecule is COCCCN1C(=O)c2ccc(C(=O)N3CCCC(C(=O)OC)C3)cc2C1=O. The summed E-state index contributed by atoms with van der Waals surface area (Å²) in [7, 11) is 2.90. The summed E-state index contributed by atoms with van der Waals surface area (Å²) in [4.78, 5) is 52.5. The fourth-order valence-electron chi connectivity index (χ4n) is 3.70. The second kappa shape index (κ2) is 8.52. The van der Waals surface area contributed by atoms with Crippen molar-refractivity contribution in [2.45, 2.75) is 19.3 Å². The van der Waals surface area contributed by atoms with Crippen molar-refractivity contribution < 1.29 is 28.7 Å². The van der Waals surface area contributed by atoms with Gasteiger partial charge in [-0.1, -0.05) is 0 Å². The smallest absolute Gasteiger partial charge is 0.310 e. The van der Waals surface area contributed by atoms with Gasteiger partial charge in [0.25, 0.3) is 17.7 Å². The van der Waals surface area contributed by atoms with Gasteiger partial charge in [-0.2, -0.15) is 0 Å². The molecule has 150 valence electrons. The molecule has 1 aromatic carbocycles. The molecule has 0 bridgehead atoms. The molecule has 0 spiro atoms. The fraction of sp³-hybridized carbons (Fsp3) is 0.500. The van der Waals surface area contributed by atoms with E-state index >= 15 is 0 Å². The number of hydrogen-bond donors (Lipinski definition) is 0. The Hall–Kier alpha value is -2.74. The number of carbonyl (C=O) groups excluding carboxylic acids is 4. The van der Waals surface area contributed by atoms with E-state index in [4.69, 9.17) is 9.47 Å². The summed E-state index contributed by atoms with van der Waals surface area (Å²) in [5.41, 5.74) is 0.893. The third-order valence-electron chi connectivity index (χ3n) is 5.19. The lowest BCUT2D eigenvalue weighted by Crippen LogP contribution is -2.42. The van der Waals surface area contributed by atoms with Crippen molar-refractivity contribution >= 4 is 23.7 Å². The number of amides is 3. The van der Waals surface area contributed by atoms with Crippen LogP contribution < -0.4 is 0 Å². The summed E-state index contributed by atoms with van der Waals surface area (Å²) < 4.78 is 9.76. The van der Waals surface area contributed by atoms with Crippen LogP contribution >= 0.6 is 0 Å². The lowest BCUT2D eigenvalue weighted by atomic mass is 9.97. The van der Waals surface area contributed by atoms with Crippen molar-refractivity contribution in [1.29, 1.82) is 0 Å². The predicted molar refractivity (Wildman–Crippen MR) is 98.9 cm³/mol. The summed E-state index contributed by atoms with van der Waals surface area (Å²) in [6, 6.07) is 4.57. The highest BCUT2D eigenvalue weighted by Gasteiger charge is 2.36. The minimum absolute atomic E-state index is 0.245. The molecule has 0 N–H and O–H groups in total. The van der Waals surface area contributed by atoms with Crippen molar-refractivity contribution in [2.24, 2.45) is 5.92 Å². The van der Waals surface area contributed by atoms with Crippen LogP contribution in [0.1, 0.15) is 50.3 Å². The highest BCUT2D eigenvalue weighted by atomic mass is 16.5. The second-order valence-electron chi connectivity index (χ2n) is 6.98. The van der Waals surface area contributed by atoms with E-state index in [2.05, 4.69) is 0 Å². The van der Waals surface area contributed by atoms with E-state index in [0.29, 0.717) is 50.1 Å². The van der Waals surface area contributed by atoms with Crippen LogP contribution in [0.2, 0.25) is 0 Å². The van der Waals surface area contributed by atoms with Gasteiger partial charge in [-0.3, -0.25) is 24.1 Å². The molecule has 0 saturated carbocycles. The normalized spacial score (nSPS) is 19.0. The molecular weight excluding hydrogens is 364 g/mol. The van der Waals surface area contributed by atoms with Crippen LogP contribution in [-0.2, 0) is 14.3 Å². The molecule has 0 radical (unpaired) electrons. The molecule has 0 aliphatic carbocycles. The van der Waals surface area contributed by atoms with E-state index in [1.165, 1.54) is 24.1 Å². The fourth-order valence-corrected chi connectivity index (χ4v) is 3.70. The van der Waals surface area contributed by atoms with Crippen LogP contribution in [0.15, 0.2) is 18.2 Å². The molecule has 2 aliphatic heterocycles. The zero-order valence-corrected chi connectivity index (χ0v) is 16.1. The zero-order chi connectivity index (χ0) is 20.3. The highest BCUT2D eigenvalue weighted by Crippen LogP contribution is 2.26. The van der Waals surface area contributed by atoms with Crippen LogP contribution in [0.4, 0.5) is 0 Å². The number of piperidine rings is 1. The third-order valence-corrected chi connectivity index (χ3v) is 5.19. The average molecular weight is 388 g/mol. The molecule has 2 aliphatic rings. The van der Waals surface area contributed by atoms with E-state index in [1.807, 2.05) is 0 Å². The maximum Gasteiger partial charge on any atom is 0.310 e. The summed E-state index contributed by atoms with van der Waals surface area (Å²) in [6.07, 6.45) is 1.95. The molecule has 3 rings (SSSR count). The number of esters is 1. The maximum atomic E-state index is 12.9. The minimum Gasteiger partial charge on any atom is -0.469 e. The Morgan fingerprint density at radius 2 is 1.89 bits per heavy atom. The van der Waals surface area contributed by atoms with Gasteiger partial charge in [0.2, 0.25) is 0 Å². The van der Waals surface area contributed by atoms with E-state index in [0.717, 1.165) is 0 Å². The average Bonchev–Trinajstić information content (AvgIpc) is 2.97. The van der Waals surface area contributed by atoms with Gasteiger partial charge in [-0.25, -0.2) is 0 Å².